The van der Waals surface area contributed by atoms with Crippen LogP contribution >= 0.6 is 0 Å². The summed E-state index contributed by atoms with van der Waals surface area (Å²) in [4.78, 5) is 25.9. The first-order valence-corrected chi connectivity index (χ1v) is 7.46. The van der Waals surface area contributed by atoms with E-state index in [2.05, 4.69) is 5.32 Å². The SMILES string of the molecule is CC(NC(=O)CC(N)c1ccccc1)C(=O)N1CCCC1. The summed E-state index contributed by atoms with van der Waals surface area (Å²) in [7, 11) is 0. The molecule has 3 N–H and O–H groups in total. The van der Waals surface area contributed by atoms with Gasteiger partial charge in [0.25, 0.3) is 0 Å². The van der Waals surface area contributed by atoms with Gasteiger partial charge >= 0.3 is 0 Å². The van der Waals surface area contributed by atoms with Gasteiger partial charge in [0.05, 0.1) is 0 Å². The summed E-state index contributed by atoms with van der Waals surface area (Å²) in [5, 5.41) is 2.75. The highest BCUT2D eigenvalue weighted by Crippen LogP contribution is 2.13. The summed E-state index contributed by atoms with van der Waals surface area (Å²) < 4.78 is 0. The maximum atomic E-state index is 12.1. The smallest absolute Gasteiger partial charge is 0.244 e. The van der Waals surface area contributed by atoms with Gasteiger partial charge in [0.2, 0.25) is 11.8 Å². The van der Waals surface area contributed by atoms with E-state index >= 15 is 0 Å². The lowest BCUT2D eigenvalue weighted by atomic mass is 10.0. The molecule has 0 saturated carbocycles. The molecule has 2 rings (SSSR count). The van der Waals surface area contributed by atoms with Crippen molar-refractivity contribution in [3.63, 3.8) is 0 Å². The molecule has 1 aromatic carbocycles. The molecular weight excluding hydrogens is 266 g/mol. The van der Waals surface area contributed by atoms with E-state index in [1.807, 2.05) is 35.2 Å². The van der Waals surface area contributed by atoms with Gasteiger partial charge in [-0.15, -0.1) is 0 Å². The monoisotopic (exact) mass is 289 g/mol. The van der Waals surface area contributed by atoms with E-state index in [0.29, 0.717) is 0 Å². The van der Waals surface area contributed by atoms with Gasteiger partial charge < -0.3 is 16.0 Å². The minimum atomic E-state index is -0.487. The lowest BCUT2D eigenvalue weighted by molar-refractivity contribution is -0.135. The predicted octanol–water partition coefficient (Wildman–Crippen LogP) is 1.20. The van der Waals surface area contributed by atoms with E-state index < -0.39 is 6.04 Å². The second kappa shape index (κ2) is 7.22. The average molecular weight is 289 g/mol. The van der Waals surface area contributed by atoms with Crippen LogP contribution in [0.4, 0.5) is 0 Å². The summed E-state index contributed by atoms with van der Waals surface area (Å²) in [6, 6.07) is 8.67. The molecule has 1 fully saturated rings. The number of carbonyl (C=O) groups excluding carboxylic acids is 2. The molecule has 0 radical (unpaired) electrons. The fourth-order valence-corrected chi connectivity index (χ4v) is 2.59. The van der Waals surface area contributed by atoms with Crippen molar-refractivity contribution in [2.75, 3.05) is 13.1 Å². The lowest BCUT2D eigenvalue weighted by Gasteiger charge is -2.21. The molecule has 0 spiro atoms. The molecule has 2 atom stereocenters. The molecule has 5 heteroatoms. The van der Waals surface area contributed by atoms with Gasteiger partial charge in [-0.2, -0.15) is 0 Å². The lowest BCUT2D eigenvalue weighted by Crippen LogP contribution is -2.46. The van der Waals surface area contributed by atoms with Gasteiger partial charge in [-0.25, -0.2) is 0 Å². The molecule has 1 aliphatic rings. The molecular formula is C16H23N3O2. The molecule has 5 nitrogen and oxygen atoms in total. The third kappa shape index (κ3) is 4.29. The molecule has 2 unspecified atom stereocenters. The zero-order chi connectivity index (χ0) is 15.2. The van der Waals surface area contributed by atoms with Gasteiger partial charge in [0, 0.05) is 25.6 Å². The van der Waals surface area contributed by atoms with E-state index in [0.717, 1.165) is 31.5 Å². The van der Waals surface area contributed by atoms with Crippen molar-refractivity contribution in [3.05, 3.63) is 35.9 Å². The predicted molar refractivity (Wildman–Crippen MR) is 81.4 cm³/mol. The first kappa shape index (κ1) is 15.5. The van der Waals surface area contributed by atoms with Crippen molar-refractivity contribution < 1.29 is 9.59 Å². The van der Waals surface area contributed by atoms with E-state index in [9.17, 15) is 9.59 Å². The molecule has 21 heavy (non-hydrogen) atoms. The second-order valence-electron chi connectivity index (χ2n) is 5.54. The molecule has 1 heterocycles. The molecule has 1 aliphatic heterocycles. The van der Waals surface area contributed by atoms with Crippen molar-refractivity contribution in [1.82, 2.24) is 10.2 Å². The molecule has 114 valence electrons. The van der Waals surface area contributed by atoms with Crippen LogP contribution in [0.5, 0.6) is 0 Å². The van der Waals surface area contributed by atoms with Crippen molar-refractivity contribution in [1.29, 1.82) is 0 Å². The fraction of sp³-hybridized carbons (Fsp3) is 0.500. The van der Waals surface area contributed by atoms with Crippen LogP contribution in [0.3, 0.4) is 0 Å². The van der Waals surface area contributed by atoms with Gasteiger partial charge in [-0.3, -0.25) is 9.59 Å². The maximum absolute atomic E-state index is 12.1. The average Bonchev–Trinajstić information content (AvgIpc) is 3.01. The highest BCUT2D eigenvalue weighted by molar-refractivity contribution is 5.87. The topological polar surface area (TPSA) is 75.4 Å². The fourth-order valence-electron chi connectivity index (χ4n) is 2.59. The summed E-state index contributed by atoms with van der Waals surface area (Å²) >= 11 is 0. The number of benzene rings is 1. The van der Waals surface area contributed by atoms with E-state index in [-0.39, 0.29) is 24.3 Å². The Labute approximate surface area is 125 Å². The van der Waals surface area contributed by atoms with Crippen LogP contribution in [0.15, 0.2) is 30.3 Å². The number of hydrogen-bond acceptors (Lipinski definition) is 3. The van der Waals surface area contributed by atoms with E-state index in [4.69, 9.17) is 5.73 Å². The van der Waals surface area contributed by atoms with Gasteiger partial charge in [0.15, 0.2) is 0 Å². The highest BCUT2D eigenvalue weighted by atomic mass is 16.2. The number of hydrogen-bond donors (Lipinski definition) is 2. The van der Waals surface area contributed by atoms with E-state index in [1.165, 1.54) is 0 Å². The van der Waals surface area contributed by atoms with Gasteiger partial charge in [-0.05, 0) is 25.3 Å². The minimum absolute atomic E-state index is 0.00543. The van der Waals surface area contributed by atoms with Crippen LogP contribution < -0.4 is 11.1 Å². The van der Waals surface area contributed by atoms with Crippen molar-refractivity contribution >= 4 is 11.8 Å². The zero-order valence-electron chi connectivity index (χ0n) is 12.4. The number of carbonyl (C=O) groups is 2. The number of nitrogens with two attached hydrogens (primary N) is 1. The molecule has 0 aromatic heterocycles. The van der Waals surface area contributed by atoms with Crippen molar-refractivity contribution in [3.8, 4) is 0 Å². The zero-order valence-corrected chi connectivity index (χ0v) is 12.4. The number of likely N-dealkylation sites (tertiary alicyclic amines) is 1. The van der Waals surface area contributed by atoms with Crippen LogP contribution in [0.1, 0.15) is 37.8 Å². The van der Waals surface area contributed by atoms with Crippen LogP contribution in [0.25, 0.3) is 0 Å². The Balaban J connectivity index is 1.82. The third-order valence-corrected chi connectivity index (χ3v) is 3.80. The normalized spacial score (nSPS) is 17.3. The number of rotatable bonds is 5. The summed E-state index contributed by atoms with van der Waals surface area (Å²) in [6.07, 6.45) is 2.28. The Bertz CT molecular complexity index is 484. The Morgan fingerprint density at radius 2 is 1.86 bits per heavy atom. The van der Waals surface area contributed by atoms with Crippen molar-refractivity contribution in [2.45, 2.75) is 38.3 Å². The van der Waals surface area contributed by atoms with Crippen LogP contribution in [-0.4, -0.2) is 35.8 Å². The van der Waals surface area contributed by atoms with Gasteiger partial charge in [0.1, 0.15) is 6.04 Å². The summed E-state index contributed by atoms with van der Waals surface area (Å²) in [5.74, 6) is -0.194. The third-order valence-electron chi connectivity index (χ3n) is 3.80. The molecule has 1 aromatic rings. The molecule has 2 amide bonds. The summed E-state index contributed by atoms with van der Waals surface area (Å²) in [5.41, 5.74) is 6.94. The number of amides is 2. The Kier molecular flexibility index (Phi) is 5.33. The van der Waals surface area contributed by atoms with Crippen LogP contribution in [0.2, 0.25) is 0 Å². The Hall–Kier alpha value is -1.88. The maximum Gasteiger partial charge on any atom is 0.244 e. The van der Waals surface area contributed by atoms with Crippen LogP contribution in [0, 0.1) is 0 Å². The standard InChI is InChI=1S/C16H23N3O2/c1-12(16(21)19-9-5-6-10-19)18-15(20)11-14(17)13-7-3-2-4-8-13/h2-4,7-8,12,14H,5-6,9-11,17H2,1H3,(H,18,20). The quantitative estimate of drug-likeness (QED) is 0.855. The molecule has 0 bridgehead atoms. The number of nitrogens with one attached hydrogen (secondary N) is 1. The molecule has 1 saturated heterocycles. The minimum Gasteiger partial charge on any atom is -0.345 e. The van der Waals surface area contributed by atoms with E-state index in [1.54, 1.807) is 6.92 Å². The van der Waals surface area contributed by atoms with Gasteiger partial charge in [-0.1, -0.05) is 30.3 Å². The summed E-state index contributed by atoms with van der Waals surface area (Å²) in [6.45, 7) is 3.32. The first-order valence-electron chi connectivity index (χ1n) is 7.46. The van der Waals surface area contributed by atoms with Crippen LogP contribution in [-0.2, 0) is 9.59 Å². The highest BCUT2D eigenvalue weighted by Gasteiger charge is 2.24. The number of nitrogens with zero attached hydrogens (tertiary/aromatic N) is 1. The Morgan fingerprint density at radius 3 is 2.48 bits per heavy atom. The first-order chi connectivity index (χ1) is 10.1. The Morgan fingerprint density at radius 1 is 1.24 bits per heavy atom. The largest absolute Gasteiger partial charge is 0.345 e. The van der Waals surface area contributed by atoms with Crippen molar-refractivity contribution in [2.24, 2.45) is 5.73 Å². The molecule has 0 aliphatic carbocycles. The second-order valence-corrected chi connectivity index (χ2v) is 5.54.